The van der Waals surface area contributed by atoms with Gasteiger partial charge in [-0.3, -0.25) is 5.10 Å². The van der Waals surface area contributed by atoms with E-state index >= 15 is 0 Å². The maximum atomic E-state index is 10.7. The third kappa shape index (κ3) is 1.20. The van der Waals surface area contributed by atoms with Gasteiger partial charge in [0.05, 0.1) is 6.04 Å². The van der Waals surface area contributed by atoms with Gasteiger partial charge in [-0.15, -0.1) is 5.10 Å². The topological polar surface area (TPSA) is 87.2 Å². The van der Waals surface area contributed by atoms with Gasteiger partial charge in [0, 0.05) is 0 Å². The van der Waals surface area contributed by atoms with E-state index < -0.39 is 5.97 Å². The zero-order chi connectivity index (χ0) is 9.42. The van der Waals surface area contributed by atoms with E-state index in [1.54, 1.807) is 0 Å². The first-order chi connectivity index (χ1) is 6.18. The summed E-state index contributed by atoms with van der Waals surface area (Å²) in [5.74, 6) is -0.713. The first kappa shape index (κ1) is 7.90. The standard InChI is InChI=1S/C7H9N3O3/c1-3-2-13-6-4(8-3)5(7(11)12)9-10-6/h3,8H,2H2,1H3,(H,9,10)(H,11,12)/t3-/m0/s1. The minimum absolute atomic E-state index is 0.0431. The van der Waals surface area contributed by atoms with Crippen molar-refractivity contribution in [2.75, 3.05) is 11.9 Å². The van der Waals surface area contributed by atoms with Crippen molar-refractivity contribution in [2.45, 2.75) is 13.0 Å². The molecule has 1 aromatic heterocycles. The van der Waals surface area contributed by atoms with Gasteiger partial charge in [0.1, 0.15) is 12.3 Å². The summed E-state index contributed by atoms with van der Waals surface area (Å²) in [5, 5.41) is 17.9. The fourth-order valence-electron chi connectivity index (χ4n) is 1.21. The van der Waals surface area contributed by atoms with Crippen molar-refractivity contribution in [1.29, 1.82) is 0 Å². The highest BCUT2D eigenvalue weighted by atomic mass is 16.5. The van der Waals surface area contributed by atoms with Crippen LogP contribution in [0.1, 0.15) is 17.4 Å². The molecule has 0 radical (unpaired) electrons. The molecule has 0 saturated carbocycles. The zero-order valence-corrected chi connectivity index (χ0v) is 7.00. The number of fused-ring (bicyclic) bond motifs is 1. The van der Waals surface area contributed by atoms with E-state index in [0.29, 0.717) is 18.2 Å². The molecule has 0 fully saturated rings. The molecule has 0 saturated heterocycles. The van der Waals surface area contributed by atoms with Crippen LogP contribution in [-0.2, 0) is 0 Å². The van der Waals surface area contributed by atoms with Crippen LogP contribution in [0.4, 0.5) is 5.69 Å². The van der Waals surface area contributed by atoms with Crippen molar-refractivity contribution in [3.05, 3.63) is 5.69 Å². The molecule has 1 aliphatic heterocycles. The van der Waals surface area contributed by atoms with Crippen molar-refractivity contribution in [3.8, 4) is 5.88 Å². The second-order valence-electron chi connectivity index (χ2n) is 2.94. The largest absolute Gasteiger partial charge is 0.476 e. The van der Waals surface area contributed by atoms with Gasteiger partial charge in [0.2, 0.25) is 0 Å². The Hall–Kier alpha value is -1.72. The first-order valence-electron chi connectivity index (χ1n) is 3.89. The van der Waals surface area contributed by atoms with Crippen LogP contribution in [0.25, 0.3) is 0 Å². The molecule has 1 aliphatic rings. The number of aromatic nitrogens is 2. The Labute approximate surface area is 73.9 Å². The average molecular weight is 183 g/mol. The lowest BCUT2D eigenvalue weighted by molar-refractivity contribution is 0.0691. The molecule has 0 amide bonds. The Morgan fingerprint density at radius 3 is 3.23 bits per heavy atom. The molecular weight excluding hydrogens is 174 g/mol. The Kier molecular flexibility index (Phi) is 1.61. The molecular formula is C7H9N3O3. The molecule has 3 N–H and O–H groups in total. The van der Waals surface area contributed by atoms with E-state index in [4.69, 9.17) is 9.84 Å². The van der Waals surface area contributed by atoms with Gasteiger partial charge >= 0.3 is 5.97 Å². The molecule has 6 heteroatoms. The molecule has 0 aromatic carbocycles. The van der Waals surface area contributed by atoms with Gasteiger partial charge in [-0.25, -0.2) is 4.79 Å². The molecule has 0 bridgehead atoms. The number of H-pyrrole nitrogens is 1. The molecule has 1 aromatic rings. The van der Waals surface area contributed by atoms with Gasteiger partial charge in [-0.1, -0.05) is 0 Å². The normalized spacial score (nSPS) is 19.9. The SMILES string of the molecule is C[C@H]1COc2n[nH]c(C(=O)O)c2N1. The lowest BCUT2D eigenvalue weighted by Crippen LogP contribution is -2.28. The van der Waals surface area contributed by atoms with Crippen LogP contribution in [0.15, 0.2) is 0 Å². The van der Waals surface area contributed by atoms with Crippen molar-refractivity contribution in [2.24, 2.45) is 0 Å². The van der Waals surface area contributed by atoms with Gasteiger partial charge in [0.25, 0.3) is 5.88 Å². The minimum Gasteiger partial charge on any atom is -0.476 e. The van der Waals surface area contributed by atoms with Gasteiger partial charge in [-0.2, -0.15) is 0 Å². The summed E-state index contributed by atoms with van der Waals surface area (Å²) in [4.78, 5) is 10.7. The van der Waals surface area contributed by atoms with Crippen molar-refractivity contribution >= 4 is 11.7 Å². The molecule has 0 aliphatic carbocycles. The summed E-state index contributed by atoms with van der Waals surface area (Å²) < 4.78 is 5.20. The first-order valence-corrected chi connectivity index (χ1v) is 3.89. The van der Waals surface area contributed by atoms with Gasteiger partial charge in [0.15, 0.2) is 5.69 Å². The van der Waals surface area contributed by atoms with Crippen LogP contribution < -0.4 is 10.1 Å². The molecule has 2 heterocycles. The highest BCUT2D eigenvalue weighted by Gasteiger charge is 2.25. The number of carboxylic acid groups (broad SMARTS) is 1. The van der Waals surface area contributed by atoms with Crippen LogP contribution in [0.2, 0.25) is 0 Å². The lowest BCUT2D eigenvalue weighted by Gasteiger charge is -2.20. The van der Waals surface area contributed by atoms with Crippen LogP contribution >= 0.6 is 0 Å². The summed E-state index contributed by atoms with van der Waals surface area (Å²) in [6, 6.07) is 0.100. The molecule has 13 heavy (non-hydrogen) atoms. The third-order valence-electron chi connectivity index (χ3n) is 1.81. The van der Waals surface area contributed by atoms with Crippen LogP contribution in [0.3, 0.4) is 0 Å². The maximum Gasteiger partial charge on any atom is 0.356 e. The number of carboxylic acids is 1. The number of aromatic carboxylic acids is 1. The van der Waals surface area contributed by atoms with Gasteiger partial charge in [-0.05, 0) is 6.92 Å². The van der Waals surface area contributed by atoms with E-state index in [-0.39, 0.29) is 11.7 Å². The predicted octanol–water partition coefficient (Wildman–Crippen LogP) is 0.301. The number of carbonyl (C=O) groups is 1. The number of nitrogens with zero attached hydrogens (tertiary/aromatic N) is 1. The molecule has 6 nitrogen and oxygen atoms in total. The van der Waals surface area contributed by atoms with Crippen molar-refractivity contribution in [1.82, 2.24) is 10.2 Å². The van der Waals surface area contributed by atoms with E-state index in [9.17, 15) is 4.79 Å². The van der Waals surface area contributed by atoms with Crippen molar-refractivity contribution in [3.63, 3.8) is 0 Å². The molecule has 2 rings (SSSR count). The Morgan fingerprint density at radius 1 is 1.77 bits per heavy atom. The minimum atomic E-state index is -1.04. The molecule has 1 atom stereocenters. The second-order valence-corrected chi connectivity index (χ2v) is 2.94. The molecule has 70 valence electrons. The van der Waals surface area contributed by atoms with E-state index in [1.807, 2.05) is 6.92 Å². The predicted molar refractivity (Wildman–Crippen MR) is 44.1 cm³/mol. The van der Waals surface area contributed by atoms with E-state index in [1.165, 1.54) is 0 Å². The quantitative estimate of drug-likeness (QED) is 0.582. The number of rotatable bonds is 1. The average Bonchev–Trinajstić information content (AvgIpc) is 2.46. The Morgan fingerprint density at radius 2 is 2.54 bits per heavy atom. The summed E-state index contributed by atoms with van der Waals surface area (Å²) in [5.41, 5.74) is 0.479. The number of aromatic amines is 1. The van der Waals surface area contributed by atoms with Crippen LogP contribution in [0, 0.1) is 0 Å². The number of hydrogen-bond acceptors (Lipinski definition) is 4. The Bertz CT molecular complexity index is 347. The number of nitrogens with one attached hydrogen (secondary N) is 2. The number of ether oxygens (including phenoxy) is 1. The van der Waals surface area contributed by atoms with E-state index in [0.717, 1.165) is 0 Å². The maximum absolute atomic E-state index is 10.7. The summed E-state index contributed by atoms with van der Waals surface area (Å²) in [6.07, 6.45) is 0. The summed E-state index contributed by atoms with van der Waals surface area (Å²) in [6.45, 7) is 2.40. The second kappa shape index (κ2) is 2.65. The number of hydrogen-bond donors (Lipinski definition) is 3. The zero-order valence-electron chi connectivity index (χ0n) is 7.00. The molecule has 0 spiro atoms. The summed E-state index contributed by atoms with van der Waals surface area (Å²) >= 11 is 0. The van der Waals surface area contributed by atoms with Crippen LogP contribution in [-0.4, -0.2) is 33.9 Å². The van der Waals surface area contributed by atoms with Crippen LogP contribution in [0.5, 0.6) is 5.88 Å². The third-order valence-corrected chi connectivity index (χ3v) is 1.81. The highest BCUT2D eigenvalue weighted by Crippen LogP contribution is 2.29. The monoisotopic (exact) mass is 183 g/mol. The number of anilines is 1. The smallest absolute Gasteiger partial charge is 0.356 e. The molecule has 0 unspecified atom stereocenters. The highest BCUT2D eigenvalue weighted by molar-refractivity contribution is 5.93. The van der Waals surface area contributed by atoms with Gasteiger partial charge < -0.3 is 15.2 Å². The fourth-order valence-corrected chi connectivity index (χ4v) is 1.21. The summed E-state index contributed by atoms with van der Waals surface area (Å²) in [7, 11) is 0. The van der Waals surface area contributed by atoms with Crippen molar-refractivity contribution < 1.29 is 14.6 Å². The Balaban J connectivity index is 2.41. The van der Waals surface area contributed by atoms with E-state index in [2.05, 4.69) is 15.5 Å². The fraction of sp³-hybridized carbons (Fsp3) is 0.429. The lowest BCUT2D eigenvalue weighted by atomic mass is 10.2.